The van der Waals surface area contributed by atoms with Gasteiger partial charge in [0.25, 0.3) is 0 Å². The van der Waals surface area contributed by atoms with Gasteiger partial charge in [-0.25, -0.2) is 18.1 Å². The molecule has 0 atom stereocenters. The molecule has 0 amide bonds. The molecule has 0 bridgehead atoms. The summed E-state index contributed by atoms with van der Waals surface area (Å²) in [4.78, 5) is 16.9. The van der Waals surface area contributed by atoms with Crippen LogP contribution in [0, 0.1) is 0 Å². The van der Waals surface area contributed by atoms with E-state index in [4.69, 9.17) is 25.8 Å². The molecule has 8 nitrogen and oxygen atoms in total. The molecule has 1 aromatic heterocycles. The normalized spacial score (nSPS) is 11.3. The lowest BCUT2D eigenvalue weighted by Gasteiger charge is -2.15. The molecule has 1 N–H and O–H groups in total. The number of esters is 1. The van der Waals surface area contributed by atoms with Gasteiger partial charge in [-0.1, -0.05) is 61.0 Å². The van der Waals surface area contributed by atoms with Crippen molar-refractivity contribution in [3.63, 3.8) is 0 Å². The first kappa shape index (κ1) is 32.0. The highest BCUT2D eigenvalue weighted by Crippen LogP contribution is 2.28. The molecular weight excluding hydrogens is 612 g/mol. The van der Waals surface area contributed by atoms with Crippen LogP contribution in [-0.2, 0) is 34.5 Å². The number of nitrogens with one attached hydrogen (secondary N) is 1. The average molecular weight is 645 g/mol. The van der Waals surface area contributed by atoms with Crippen molar-refractivity contribution in [1.29, 1.82) is 0 Å². The number of ether oxygens (including phenoxy) is 3. The second-order valence-corrected chi connectivity index (χ2v) is 12.5. The zero-order valence-corrected chi connectivity index (χ0v) is 26.3. The minimum atomic E-state index is -3.72. The lowest BCUT2D eigenvalue weighted by Crippen LogP contribution is -2.26. The van der Waals surface area contributed by atoms with Crippen LogP contribution < -0.4 is 18.9 Å². The summed E-state index contributed by atoms with van der Waals surface area (Å²) >= 11 is 5.90. The maximum absolute atomic E-state index is 12.7. The van der Waals surface area contributed by atoms with Crippen molar-refractivity contribution in [1.82, 2.24) is 9.71 Å². The second-order valence-electron chi connectivity index (χ2n) is 10.3. The molecule has 0 radical (unpaired) electrons. The van der Waals surface area contributed by atoms with Gasteiger partial charge in [0.1, 0.15) is 30.5 Å². The Morgan fingerprint density at radius 1 is 0.844 bits per heavy atom. The van der Waals surface area contributed by atoms with E-state index < -0.39 is 10.0 Å². The molecule has 10 heteroatoms. The zero-order chi connectivity index (χ0) is 31.6. The molecule has 232 valence electrons. The summed E-state index contributed by atoms with van der Waals surface area (Å²) in [5, 5.41) is 1.53. The first-order valence-electron chi connectivity index (χ1n) is 14.6. The van der Waals surface area contributed by atoms with E-state index in [0.29, 0.717) is 48.1 Å². The van der Waals surface area contributed by atoms with Gasteiger partial charge >= 0.3 is 5.97 Å². The first-order chi connectivity index (χ1) is 21.8. The van der Waals surface area contributed by atoms with Gasteiger partial charge in [-0.2, -0.15) is 0 Å². The number of rotatable bonds is 14. The first-order valence-corrected chi connectivity index (χ1v) is 16.4. The molecule has 0 saturated heterocycles. The number of fused-ring (bicyclic) bond motifs is 1. The van der Waals surface area contributed by atoms with Crippen LogP contribution in [0.4, 0.5) is 0 Å². The molecule has 1 heterocycles. The standard InChI is InChI=1S/C35H33ClN2O6S/c1-2-6-35(39)44-31-16-12-27(19-20-37-45(40,41)32-17-13-28(36)14-18-32)34(22-31)43-23-25-7-5-9-30(21-25)42-24-29-15-11-26-8-3-4-10-33(26)38-29/h3-5,7-18,21-22,37H,2,6,19-20,23-24H2,1H3. The van der Waals surface area contributed by atoms with E-state index in [-0.39, 0.29) is 24.0 Å². The Bertz CT molecular complexity index is 1880. The zero-order valence-electron chi connectivity index (χ0n) is 24.7. The lowest BCUT2D eigenvalue weighted by molar-refractivity contribution is -0.134. The van der Waals surface area contributed by atoms with Crippen LogP contribution in [0.25, 0.3) is 10.9 Å². The Balaban J connectivity index is 1.25. The molecule has 0 saturated carbocycles. The number of para-hydroxylation sites is 1. The predicted molar refractivity (Wildman–Crippen MR) is 174 cm³/mol. The Hall–Kier alpha value is -4.44. The van der Waals surface area contributed by atoms with Gasteiger partial charge in [0.2, 0.25) is 10.0 Å². The number of nitrogens with zero attached hydrogens (tertiary/aromatic N) is 1. The van der Waals surface area contributed by atoms with Gasteiger partial charge in [0.05, 0.1) is 16.1 Å². The van der Waals surface area contributed by atoms with E-state index in [2.05, 4.69) is 9.71 Å². The topological polar surface area (TPSA) is 104 Å². The van der Waals surface area contributed by atoms with E-state index in [1.807, 2.05) is 67.6 Å². The summed E-state index contributed by atoms with van der Waals surface area (Å²) in [7, 11) is -3.72. The maximum Gasteiger partial charge on any atom is 0.311 e. The molecule has 4 aromatic carbocycles. The molecule has 0 aliphatic rings. The number of aromatic nitrogens is 1. The monoisotopic (exact) mass is 644 g/mol. The Kier molecular flexibility index (Phi) is 10.7. The number of hydrogen-bond donors (Lipinski definition) is 1. The summed E-state index contributed by atoms with van der Waals surface area (Å²) in [6.45, 7) is 2.56. The molecule has 0 aliphatic heterocycles. The summed E-state index contributed by atoms with van der Waals surface area (Å²) in [5.74, 6) is 1.17. The number of pyridine rings is 1. The Morgan fingerprint density at radius 2 is 1.67 bits per heavy atom. The van der Waals surface area contributed by atoms with E-state index in [1.54, 1.807) is 18.2 Å². The van der Waals surface area contributed by atoms with E-state index >= 15 is 0 Å². The molecule has 5 aromatic rings. The van der Waals surface area contributed by atoms with Crippen LogP contribution >= 0.6 is 11.6 Å². The number of hydrogen-bond acceptors (Lipinski definition) is 7. The van der Waals surface area contributed by atoms with Crippen molar-refractivity contribution in [3.8, 4) is 17.2 Å². The van der Waals surface area contributed by atoms with Gasteiger partial charge in [0.15, 0.2) is 0 Å². The fourth-order valence-corrected chi connectivity index (χ4v) is 5.73. The Morgan fingerprint density at radius 3 is 2.49 bits per heavy atom. The molecule has 5 rings (SSSR count). The fraction of sp³-hybridized carbons (Fsp3) is 0.200. The van der Waals surface area contributed by atoms with E-state index in [9.17, 15) is 13.2 Å². The van der Waals surface area contributed by atoms with Crippen LogP contribution in [0.2, 0.25) is 5.02 Å². The highest BCUT2D eigenvalue weighted by molar-refractivity contribution is 7.89. The number of sulfonamides is 1. The summed E-state index contributed by atoms with van der Waals surface area (Å²) in [6, 6.07) is 30.6. The third kappa shape index (κ3) is 9.04. The smallest absolute Gasteiger partial charge is 0.311 e. The maximum atomic E-state index is 12.7. The summed E-state index contributed by atoms with van der Waals surface area (Å²) in [5.41, 5.74) is 3.35. The summed E-state index contributed by atoms with van der Waals surface area (Å²) < 4.78 is 45.8. The molecular formula is C35H33ClN2O6S. The van der Waals surface area contributed by atoms with Crippen molar-refractivity contribution in [2.75, 3.05) is 6.54 Å². The van der Waals surface area contributed by atoms with Crippen molar-refractivity contribution in [3.05, 3.63) is 125 Å². The number of halogens is 1. The predicted octanol–water partition coefficient (Wildman–Crippen LogP) is 7.27. The van der Waals surface area contributed by atoms with Crippen molar-refractivity contribution < 1.29 is 27.4 Å². The molecule has 0 spiro atoms. The quantitative estimate of drug-likeness (QED) is 0.100. The number of carbonyl (C=O) groups excluding carboxylic acids is 1. The van der Waals surface area contributed by atoms with Gasteiger partial charge in [-0.3, -0.25) is 4.79 Å². The third-order valence-corrected chi connectivity index (χ3v) is 8.60. The second kappa shape index (κ2) is 15.0. The Labute approximate surface area is 268 Å². The SMILES string of the molecule is CCCC(=O)Oc1ccc(CCNS(=O)(=O)c2ccc(Cl)cc2)c(OCc2cccc(OCc3ccc4ccccc4n3)c2)c1. The average Bonchev–Trinajstić information content (AvgIpc) is 3.04. The minimum Gasteiger partial charge on any atom is -0.488 e. The van der Waals surface area contributed by atoms with Crippen molar-refractivity contribution in [2.45, 2.75) is 44.3 Å². The number of benzene rings is 4. The highest BCUT2D eigenvalue weighted by Gasteiger charge is 2.15. The fourth-order valence-electron chi connectivity index (χ4n) is 4.58. The van der Waals surface area contributed by atoms with E-state index in [0.717, 1.165) is 27.7 Å². The van der Waals surface area contributed by atoms with Gasteiger partial charge in [-0.15, -0.1) is 0 Å². The van der Waals surface area contributed by atoms with Crippen LogP contribution in [0.5, 0.6) is 17.2 Å². The largest absolute Gasteiger partial charge is 0.488 e. The van der Waals surface area contributed by atoms with E-state index in [1.165, 1.54) is 24.3 Å². The minimum absolute atomic E-state index is 0.125. The van der Waals surface area contributed by atoms with Crippen LogP contribution in [0.1, 0.15) is 36.6 Å². The lowest BCUT2D eigenvalue weighted by atomic mass is 10.1. The van der Waals surface area contributed by atoms with Crippen LogP contribution in [0.3, 0.4) is 0 Å². The van der Waals surface area contributed by atoms with Gasteiger partial charge < -0.3 is 14.2 Å². The molecule has 0 aliphatic carbocycles. The van der Waals surface area contributed by atoms with Gasteiger partial charge in [0, 0.05) is 29.4 Å². The van der Waals surface area contributed by atoms with Crippen molar-refractivity contribution >= 4 is 38.5 Å². The van der Waals surface area contributed by atoms with Crippen LogP contribution in [-0.4, -0.2) is 25.9 Å². The molecule has 45 heavy (non-hydrogen) atoms. The van der Waals surface area contributed by atoms with Crippen LogP contribution in [0.15, 0.2) is 108 Å². The van der Waals surface area contributed by atoms with Gasteiger partial charge in [-0.05, 0) is 78.6 Å². The van der Waals surface area contributed by atoms with Crippen molar-refractivity contribution in [2.24, 2.45) is 0 Å². The summed E-state index contributed by atoms with van der Waals surface area (Å²) in [6.07, 6.45) is 1.31. The third-order valence-electron chi connectivity index (χ3n) is 6.87. The highest BCUT2D eigenvalue weighted by atomic mass is 35.5. The molecule has 0 unspecified atom stereocenters. The number of carbonyl (C=O) groups is 1. The molecule has 0 fully saturated rings.